The minimum Gasteiger partial charge on any atom is -0.273 e. The molecule has 0 saturated carbocycles. The highest BCUT2D eigenvalue weighted by Gasteiger charge is 2.31. The average molecular weight is 329 g/mol. The molecular formula is C13H19N3O3S2. The Morgan fingerprint density at radius 1 is 1.62 bits per heavy atom. The molecule has 2 rings (SSSR count). The first kappa shape index (κ1) is 16.1. The minimum absolute atomic E-state index is 0.0673. The summed E-state index contributed by atoms with van der Waals surface area (Å²) in [5, 5.41) is 5.84. The Bertz CT molecular complexity index is 596. The zero-order valence-electron chi connectivity index (χ0n) is 11.9. The molecule has 0 aromatic carbocycles. The second kappa shape index (κ2) is 7.15. The van der Waals surface area contributed by atoms with Gasteiger partial charge in [-0.05, 0) is 31.2 Å². The minimum atomic E-state index is -3.23. The van der Waals surface area contributed by atoms with E-state index in [1.54, 1.807) is 13.1 Å². The van der Waals surface area contributed by atoms with E-state index in [0.717, 1.165) is 4.88 Å². The maximum atomic E-state index is 12.0. The quantitative estimate of drug-likeness (QED) is 0.652. The molecule has 1 N–H and O–H groups in total. The van der Waals surface area contributed by atoms with Gasteiger partial charge in [0.05, 0.1) is 17.9 Å². The van der Waals surface area contributed by atoms with E-state index < -0.39 is 10.0 Å². The van der Waals surface area contributed by atoms with Crippen molar-refractivity contribution in [1.29, 1.82) is 0 Å². The summed E-state index contributed by atoms with van der Waals surface area (Å²) in [6.07, 6.45) is 2.98. The third-order valence-corrected chi connectivity index (χ3v) is 6.08. The highest BCUT2D eigenvalue weighted by molar-refractivity contribution is 7.89. The Kier molecular flexibility index (Phi) is 5.49. The molecule has 1 aliphatic heterocycles. The van der Waals surface area contributed by atoms with Crippen LogP contribution in [0.4, 0.5) is 0 Å². The summed E-state index contributed by atoms with van der Waals surface area (Å²) < 4.78 is 25.1. The lowest BCUT2D eigenvalue weighted by molar-refractivity contribution is -0.126. The second-order valence-electron chi connectivity index (χ2n) is 4.85. The number of carbonyl (C=O) groups excluding carboxylic acids is 1. The fourth-order valence-corrected chi connectivity index (χ4v) is 3.97. The van der Waals surface area contributed by atoms with Crippen molar-refractivity contribution in [3.8, 4) is 0 Å². The first-order chi connectivity index (χ1) is 10.0. The molecule has 21 heavy (non-hydrogen) atoms. The van der Waals surface area contributed by atoms with Gasteiger partial charge in [-0.15, -0.1) is 11.3 Å². The van der Waals surface area contributed by atoms with Crippen molar-refractivity contribution < 1.29 is 13.2 Å². The summed E-state index contributed by atoms with van der Waals surface area (Å²) in [6.45, 7) is 2.36. The van der Waals surface area contributed by atoms with Gasteiger partial charge in [0.1, 0.15) is 0 Å². The van der Waals surface area contributed by atoms with Crippen LogP contribution in [0.2, 0.25) is 0 Å². The van der Waals surface area contributed by atoms with E-state index in [4.69, 9.17) is 0 Å². The standard InChI is InChI=1S/C13H19N3O3S2/c1-2-21(18,19)16-7-3-5-11(10-16)13(17)15-14-9-12-6-4-8-20-12/h4,6,8-9,11H,2-3,5,7,10H2,1H3,(H,15,17)/b14-9-/t11-/m1/s1. The molecule has 0 bridgehead atoms. The molecule has 1 fully saturated rings. The fourth-order valence-electron chi connectivity index (χ4n) is 2.21. The summed E-state index contributed by atoms with van der Waals surface area (Å²) in [5.41, 5.74) is 2.50. The third kappa shape index (κ3) is 4.36. The molecule has 1 aromatic heterocycles. The van der Waals surface area contributed by atoms with Crippen LogP contribution < -0.4 is 5.43 Å². The summed E-state index contributed by atoms with van der Waals surface area (Å²) in [7, 11) is -3.23. The normalized spacial score (nSPS) is 20.7. The molecule has 0 radical (unpaired) electrons. The molecule has 1 atom stereocenters. The van der Waals surface area contributed by atoms with Gasteiger partial charge >= 0.3 is 0 Å². The van der Waals surface area contributed by atoms with Gasteiger partial charge in [0.25, 0.3) is 0 Å². The van der Waals surface area contributed by atoms with Gasteiger partial charge < -0.3 is 0 Å². The number of nitrogens with zero attached hydrogens (tertiary/aromatic N) is 2. The maximum Gasteiger partial charge on any atom is 0.244 e. The van der Waals surface area contributed by atoms with Crippen LogP contribution in [0.3, 0.4) is 0 Å². The number of hydrogen-bond acceptors (Lipinski definition) is 5. The monoisotopic (exact) mass is 329 g/mol. The molecule has 1 amide bonds. The molecule has 116 valence electrons. The van der Waals surface area contributed by atoms with E-state index >= 15 is 0 Å². The van der Waals surface area contributed by atoms with Crippen molar-refractivity contribution in [2.45, 2.75) is 19.8 Å². The Morgan fingerprint density at radius 2 is 2.43 bits per heavy atom. The molecule has 1 aromatic rings. The summed E-state index contributed by atoms with van der Waals surface area (Å²) in [6, 6.07) is 3.80. The smallest absolute Gasteiger partial charge is 0.244 e. The van der Waals surface area contributed by atoms with Crippen molar-refractivity contribution in [2.24, 2.45) is 11.0 Å². The Labute approximate surface area is 128 Å². The number of hydrogen-bond donors (Lipinski definition) is 1. The zero-order chi connectivity index (χ0) is 15.3. The molecule has 1 aliphatic rings. The van der Waals surface area contributed by atoms with E-state index in [1.165, 1.54) is 15.6 Å². The van der Waals surface area contributed by atoms with Crippen LogP contribution in [-0.2, 0) is 14.8 Å². The topological polar surface area (TPSA) is 78.8 Å². The largest absolute Gasteiger partial charge is 0.273 e. The van der Waals surface area contributed by atoms with Crippen molar-refractivity contribution in [2.75, 3.05) is 18.8 Å². The lowest BCUT2D eigenvalue weighted by atomic mass is 9.99. The Morgan fingerprint density at radius 3 is 3.10 bits per heavy atom. The number of rotatable bonds is 5. The molecular weight excluding hydrogens is 310 g/mol. The predicted octanol–water partition coefficient (Wildman–Crippen LogP) is 1.26. The molecule has 0 spiro atoms. The second-order valence-corrected chi connectivity index (χ2v) is 8.08. The number of hydrazone groups is 1. The van der Waals surface area contributed by atoms with E-state index in [9.17, 15) is 13.2 Å². The van der Waals surface area contributed by atoms with Gasteiger partial charge in [-0.3, -0.25) is 4.79 Å². The van der Waals surface area contributed by atoms with Crippen LogP contribution in [0.25, 0.3) is 0 Å². The SMILES string of the molecule is CCS(=O)(=O)N1CCC[C@@H](C(=O)N/N=C\c2cccs2)C1. The summed E-state index contributed by atoms with van der Waals surface area (Å²) in [5.74, 6) is -0.489. The van der Waals surface area contributed by atoms with Gasteiger partial charge in [0, 0.05) is 18.0 Å². The van der Waals surface area contributed by atoms with Crippen LogP contribution in [0.1, 0.15) is 24.6 Å². The highest BCUT2D eigenvalue weighted by atomic mass is 32.2. The molecule has 0 aliphatic carbocycles. The Hall–Kier alpha value is -1.25. The summed E-state index contributed by atoms with van der Waals surface area (Å²) in [4.78, 5) is 13.0. The molecule has 1 saturated heterocycles. The number of carbonyl (C=O) groups is 1. The number of sulfonamides is 1. The first-order valence-corrected chi connectivity index (χ1v) is 9.36. The summed E-state index contributed by atoms with van der Waals surface area (Å²) >= 11 is 1.53. The molecule has 2 heterocycles. The van der Waals surface area contributed by atoms with Crippen LogP contribution in [0.15, 0.2) is 22.6 Å². The molecule has 0 unspecified atom stereocenters. The number of nitrogens with one attached hydrogen (secondary N) is 1. The number of amides is 1. The lowest BCUT2D eigenvalue weighted by Gasteiger charge is -2.30. The van der Waals surface area contributed by atoms with Gasteiger partial charge in [-0.2, -0.15) is 5.10 Å². The fraction of sp³-hybridized carbons (Fsp3) is 0.538. The van der Waals surface area contributed by atoms with Crippen LogP contribution in [-0.4, -0.2) is 43.7 Å². The van der Waals surface area contributed by atoms with Crippen LogP contribution in [0, 0.1) is 5.92 Å². The lowest BCUT2D eigenvalue weighted by Crippen LogP contribution is -2.45. The van der Waals surface area contributed by atoms with Gasteiger partial charge in [-0.1, -0.05) is 6.07 Å². The Balaban J connectivity index is 1.90. The van der Waals surface area contributed by atoms with E-state index in [0.29, 0.717) is 19.4 Å². The average Bonchev–Trinajstić information content (AvgIpc) is 3.00. The van der Waals surface area contributed by atoms with Crippen molar-refractivity contribution in [3.63, 3.8) is 0 Å². The van der Waals surface area contributed by atoms with Crippen LogP contribution >= 0.6 is 11.3 Å². The van der Waals surface area contributed by atoms with Gasteiger partial charge in [-0.25, -0.2) is 18.1 Å². The van der Waals surface area contributed by atoms with E-state index in [-0.39, 0.29) is 24.1 Å². The first-order valence-electron chi connectivity index (χ1n) is 6.87. The van der Waals surface area contributed by atoms with Gasteiger partial charge in [0.2, 0.25) is 15.9 Å². The van der Waals surface area contributed by atoms with E-state index in [2.05, 4.69) is 10.5 Å². The van der Waals surface area contributed by atoms with Crippen molar-refractivity contribution in [3.05, 3.63) is 22.4 Å². The molecule has 6 nitrogen and oxygen atoms in total. The predicted molar refractivity (Wildman–Crippen MR) is 83.8 cm³/mol. The molecule has 8 heteroatoms. The maximum absolute atomic E-state index is 12.0. The van der Waals surface area contributed by atoms with Crippen molar-refractivity contribution in [1.82, 2.24) is 9.73 Å². The van der Waals surface area contributed by atoms with Crippen molar-refractivity contribution >= 4 is 33.5 Å². The van der Waals surface area contributed by atoms with E-state index in [1.807, 2.05) is 17.5 Å². The number of thiophene rings is 1. The highest BCUT2D eigenvalue weighted by Crippen LogP contribution is 2.19. The van der Waals surface area contributed by atoms with Gasteiger partial charge in [0.15, 0.2) is 0 Å². The number of piperidine rings is 1. The van der Waals surface area contributed by atoms with Crippen LogP contribution in [0.5, 0.6) is 0 Å². The third-order valence-electron chi connectivity index (χ3n) is 3.42. The zero-order valence-corrected chi connectivity index (χ0v) is 13.5.